The molecule has 0 saturated carbocycles. The fourth-order valence-electron chi connectivity index (χ4n) is 2.16. The molecule has 0 radical (unpaired) electrons. The van der Waals surface area contributed by atoms with E-state index in [0.717, 1.165) is 16.9 Å². The quantitative estimate of drug-likeness (QED) is 0.526. The molecular formula is C21H28O2Si. The van der Waals surface area contributed by atoms with Crippen LogP contribution < -0.4 is 4.43 Å². The molecule has 2 rings (SSSR count). The number of hydrogen-bond acceptors (Lipinski definition) is 2. The summed E-state index contributed by atoms with van der Waals surface area (Å²) in [6, 6.07) is 13.5. The van der Waals surface area contributed by atoms with Gasteiger partial charge in [-0.2, -0.15) is 0 Å². The van der Waals surface area contributed by atoms with Crippen molar-refractivity contribution in [3.63, 3.8) is 0 Å². The maximum Gasteiger partial charge on any atom is 0.250 e. The van der Waals surface area contributed by atoms with E-state index >= 15 is 0 Å². The second-order valence-electron chi connectivity index (χ2n) is 7.87. The van der Waals surface area contributed by atoms with Gasteiger partial charge in [0.05, 0.1) is 0 Å². The van der Waals surface area contributed by atoms with Crippen LogP contribution in [0.5, 0.6) is 11.5 Å². The molecule has 0 saturated heterocycles. The third kappa shape index (κ3) is 4.75. The first-order valence-corrected chi connectivity index (χ1v) is 11.3. The molecule has 0 aliphatic carbocycles. The van der Waals surface area contributed by atoms with Crippen molar-refractivity contribution in [2.45, 2.75) is 45.8 Å². The van der Waals surface area contributed by atoms with Gasteiger partial charge in [-0.05, 0) is 66.0 Å². The number of phenolic OH excluding ortho intramolecular Hbond substituents is 1. The van der Waals surface area contributed by atoms with E-state index < -0.39 is 8.32 Å². The molecule has 0 aromatic heterocycles. The second kappa shape index (κ2) is 6.86. The highest BCUT2D eigenvalue weighted by Gasteiger charge is 2.38. The minimum absolute atomic E-state index is 0.179. The van der Waals surface area contributed by atoms with Crippen LogP contribution in [0, 0.1) is 6.92 Å². The monoisotopic (exact) mass is 340 g/mol. The van der Waals surface area contributed by atoms with Gasteiger partial charge in [0, 0.05) is 0 Å². The number of aromatic hydroxyl groups is 1. The van der Waals surface area contributed by atoms with Crippen molar-refractivity contribution < 1.29 is 9.53 Å². The van der Waals surface area contributed by atoms with E-state index in [9.17, 15) is 5.11 Å². The Morgan fingerprint density at radius 1 is 0.917 bits per heavy atom. The zero-order valence-electron chi connectivity index (χ0n) is 15.6. The van der Waals surface area contributed by atoms with Crippen LogP contribution in [0.1, 0.15) is 37.5 Å². The number of hydrogen-bond donors (Lipinski definition) is 1. The van der Waals surface area contributed by atoms with E-state index in [4.69, 9.17) is 4.43 Å². The lowest BCUT2D eigenvalue weighted by Gasteiger charge is -2.36. The van der Waals surface area contributed by atoms with E-state index in [1.807, 2.05) is 18.2 Å². The SMILES string of the molecule is Cc1cc(/C=C/c2ccc(O)cc2)cc(O[Si](C)(C)C(C)(C)C)c1. The van der Waals surface area contributed by atoms with Crippen molar-refractivity contribution in [2.24, 2.45) is 0 Å². The van der Waals surface area contributed by atoms with Crippen molar-refractivity contribution >= 4 is 20.5 Å². The molecule has 0 unspecified atom stereocenters. The van der Waals surface area contributed by atoms with Crippen molar-refractivity contribution in [3.8, 4) is 11.5 Å². The summed E-state index contributed by atoms with van der Waals surface area (Å²) in [5, 5.41) is 9.53. The normalized spacial score (nSPS) is 12.6. The Balaban J connectivity index is 2.24. The number of rotatable bonds is 4. The number of aryl methyl sites for hydroxylation is 1. The molecule has 0 atom stereocenters. The smallest absolute Gasteiger partial charge is 0.250 e. The zero-order chi connectivity index (χ0) is 18.0. The number of phenols is 1. The molecule has 0 amide bonds. The predicted octanol–water partition coefficient (Wildman–Crippen LogP) is 6.26. The Morgan fingerprint density at radius 2 is 1.50 bits per heavy atom. The Hall–Kier alpha value is -2.00. The third-order valence-corrected chi connectivity index (χ3v) is 8.97. The molecule has 0 spiro atoms. The molecule has 24 heavy (non-hydrogen) atoms. The summed E-state index contributed by atoms with van der Waals surface area (Å²) in [5.74, 6) is 1.24. The molecule has 0 heterocycles. The first-order valence-electron chi connectivity index (χ1n) is 8.35. The summed E-state index contributed by atoms with van der Waals surface area (Å²) in [4.78, 5) is 0. The van der Waals surface area contributed by atoms with E-state index in [1.165, 1.54) is 5.56 Å². The van der Waals surface area contributed by atoms with Gasteiger partial charge in [0.2, 0.25) is 8.32 Å². The molecule has 0 aliphatic heterocycles. The standard InChI is InChI=1S/C21H28O2Si/c1-16-13-18(8-7-17-9-11-19(22)12-10-17)15-20(14-16)23-24(5,6)21(2,3)4/h7-15,22H,1-6H3/b8-7+. The summed E-state index contributed by atoms with van der Waals surface area (Å²) in [7, 11) is -1.84. The first kappa shape index (κ1) is 18.3. The maximum atomic E-state index is 9.35. The number of benzene rings is 2. The average Bonchev–Trinajstić information content (AvgIpc) is 2.44. The van der Waals surface area contributed by atoms with Crippen LogP contribution in [-0.2, 0) is 0 Å². The highest BCUT2D eigenvalue weighted by Crippen LogP contribution is 2.37. The van der Waals surface area contributed by atoms with Crippen molar-refractivity contribution in [2.75, 3.05) is 0 Å². The van der Waals surface area contributed by atoms with Crippen LogP contribution in [0.3, 0.4) is 0 Å². The van der Waals surface area contributed by atoms with Crippen molar-refractivity contribution in [3.05, 3.63) is 59.2 Å². The minimum atomic E-state index is -1.84. The Morgan fingerprint density at radius 3 is 2.08 bits per heavy atom. The van der Waals surface area contributed by atoms with Crippen molar-refractivity contribution in [1.29, 1.82) is 0 Å². The third-order valence-electron chi connectivity index (χ3n) is 4.61. The van der Waals surface area contributed by atoms with Gasteiger partial charge in [0.1, 0.15) is 11.5 Å². The predicted molar refractivity (Wildman–Crippen MR) is 106 cm³/mol. The van der Waals surface area contributed by atoms with Crippen LogP contribution in [0.25, 0.3) is 12.2 Å². The van der Waals surface area contributed by atoms with E-state index in [1.54, 1.807) is 12.1 Å². The maximum absolute atomic E-state index is 9.35. The Bertz CT molecular complexity index is 722. The van der Waals surface area contributed by atoms with Gasteiger partial charge >= 0.3 is 0 Å². The van der Waals surface area contributed by atoms with E-state index in [0.29, 0.717) is 0 Å². The molecule has 0 aliphatic rings. The Kier molecular flexibility index (Phi) is 5.24. The summed E-state index contributed by atoms with van der Waals surface area (Å²) in [6.45, 7) is 13.4. The van der Waals surface area contributed by atoms with Crippen LogP contribution in [-0.4, -0.2) is 13.4 Å². The molecule has 0 bridgehead atoms. The lowest BCUT2D eigenvalue weighted by Crippen LogP contribution is -2.43. The molecule has 0 fully saturated rings. The minimum Gasteiger partial charge on any atom is -0.543 e. The molecule has 1 N–H and O–H groups in total. The lowest BCUT2D eigenvalue weighted by molar-refractivity contribution is 0.475. The molecule has 3 heteroatoms. The van der Waals surface area contributed by atoms with Crippen LogP contribution in [0.15, 0.2) is 42.5 Å². The molecule has 2 aromatic carbocycles. The van der Waals surface area contributed by atoms with Gasteiger partial charge < -0.3 is 9.53 Å². The van der Waals surface area contributed by atoms with Gasteiger partial charge in [0.15, 0.2) is 0 Å². The second-order valence-corrected chi connectivity index (χ2v) is 12.6. The molecule has 2 nitrogen and oxygen atoms in total. The Labute approximate surface area is 146 Å². The topological polar surface area (TPSA) is 29.5 Å². The van der Waals surface area contributed by atoms with Gasteiger partial charge in [-0.1, -0.05) is 51.1 Å². The highest BCUT2D eigenvalue weighted by molar-refractivity contribution is 6.74. The summed E-state index contributed by atoms with van der Waals surface area (Å²) < 4.78 is 6.43. The van der Waals surface area contributed by atoms with Crippen LogP contribution >= 0.6 is 0 Å². The lowest BCUT2D eigenvalue weighted by atomic mass is 10.1. The largest absolute Gasteiger partial charge is 0.543 e. The van der Waals surface area contributed by atoms with Crippen LogP contribution in [0.4, 0.5) is 0 Å². The molecular weight excluding hydrogens is 312 g/mol. The highest BCUT2D eigenvalue weighted by atomic mass is 28.4. The fourth-order valence-corrected chi connectivity index (χ4v) is 3.17. The van der Waals surface area contributed by atoms with Gasteiger partial charge in [0.25, 0.3) is 0 Å². The first-order chi connectivity index (χ1) is 11.1. The fraction of sp³-hybridized carbons (Fsp3) is 0.333. The van der Waals surface area contributed by atoms with E-state index in [-0.39, 0.29) is 10.8 Å². The molecule has 2 aromatic rings. The van der Waals surface area contributed by atoms with Gasteiger partial charge in [-0.3, -0.25) is 0 Å². The van der Waals surface area contributed by atoms with Gasteiger partial charge in [-0.15, -0.1) is 0 Å². The molecule has 128 valence electrons. The zero-order valence-corrected chi connectivity index (χ0v) is 16.6. The van der Waals surface area contributed by atoms with Crippen molar-refractivity contribution in [1.82, 2.24) is 0 Å². The summed E-state index contributed by atoms with van der Waals surface area (Å²) in [6.07, 6.45) is 4.13. The van der Waals surface area contributed by atoms with Crippen LogP contribution in [0.2, 0.25) is 18.1 Å². The summed E-state index contributed by atoms with van der Waals surface area (Å²) in [5.41, 5.74) is 3.37. The summed E-state index contributed by atoms with van der Waals surface area (Å²) >= 11 is 0. The van der Waals surface area contributed by atoms with Gasteiger partial charge in [-0.25, -0.2) is 0 Å². The average molecular weight is 341 g/mol. The van der Waals surface area contributed by atoms with E-state index in [2.05, 4.69) is 65.1 Å².